The molecule has 1 saturated heterocycles. The summed E-state index contributed by atoms with van der Waals surface area (Å²) in [6.07, 6.45) is 71.0. The van der Waals surface area contributed by atoms with Crippen LogP contribution in [0.2, 0.25) is 0 Å². The zero-order valence-electron chi connectivity index (χ0n) is 51.4. The van der Waals surface area contributed by atoms with Crippen LogP contribution in [0.5, 0.6) is 0 Å². The lowest BCUT2D eigenvalue weighted by molar-refractivity contribution is -0.302. The van der Waals surface area contributed by atoms with Crippen LogP contribution in [0, 0.1) is 0 Å². The molecule has 0 aromatic carbocycles. The summed E-state index contributed by atoms with van der Waals surface area (Å²) < 4.78 is 11.3. The molecule has 6 N–H and O–H groups in total. The Balaban J connectivity index is 2.14. The van der Waals surface area contributed by atoms with Gasteiger partial charge in [-0.25, -0.2) is 0 Å². The first-order valence-electron chi connectivity index (χ1n) is 34.2. The zero-order chi connectivity index (χ0) is 56.5. The van der Waals surface area contributed by atoms with Crippen molar-refractivity contribution in [3.63, 3.8) is 0 Å². The summed E-state index contributed by atoms with van der Waals surface area (Å²) in [5.41, 5.74) is 0. The maximum absolute atomic E-state index is 13.1. The molecule has 0 bridgehead atoms. The monoisotopic (exact) mass is 1100 g/mol. The fourth-order valence-electron chi connectivity index (χ4n) is 11.1. The second kappa shape index (κ2) is 58.6. The molecule has 7 atom stereocenters. The number of carbonyl (C=O) groups excluding carboxylic acids is 1. The van der Waals surface area contributed by atoms with Crippen molar-refractivity contribution in [1.82, 2.24) is 5.32 Å². The number of hydrogen-bond acceptors (Lipinski definition) is 8. The number of aliphatic hydroxyl groups excluding tert-OH is 5. The molecule has 0 aliphatic carbocycles. The first-order chi connectivity index (χ1) is 38.3. The molecule has 0 radical (unpaired) electrons. The van der Waals surface area contributed by atoms with Crippen molar-refractivity contribution in [3.8, 4) is 0 Å². The van der Waals surface area contributed by atoms with E-state index in [1.807, 2.05) is 6.08 Å². The van der Waals surface area contributed by atoms with E-state index < -0.39 is 49.5 Å². The third-order valence-corrected chi connectivity index (χ3v) is 16.5. The van der Waals surface area contributed by atoms with Crippen LogP contribution in [0.1, 0.15) is 341 Å². The van der Waals surface area contributed by atoms with Gasteiger partial charge in [0.25, 0.3) is 0 Å². The molecule has 0 saturated carbocycles. The number of hydrogen-bond donors (Lipinski definition) is 6. The fourth-order valence-corrected chi connectivity index (χ4v) is 11.1. The predicted molar refractivity (Wildman–Crippen MR) is 332 cm³/mol. The lowest BCUT2D eigenvalue weighted by Crippen LogP contribution is -2.60. The number of unbranched alkanes of at least 4 members (excludes halogenated alkanes) is 46. The van der Waals surface area contributed by atoms with E-state index in [0.717, 1.165) is 44.9 Å². The molecule has 78 heavy (non-hydrogen) atoms. The van der Waals surface area contributed by atoms with Crippen molar-refractivity contribution in [2.75, 3.05) is 13.2 Å². The largest absolute Gasteiger partial charge is 0.394 e. The standard InChI is InChI=1S/C69H131NO8/c1-3-5-7-9-11-13-15-17-19-21-23-25-27-29-31-33-34-36-38-40-42-44-46-48-50-52-54-56-58-63(72)62(61-77-69-68(76)67(75)66(74)64(60-71)78-69)70-65(73)59-57-55-53-51-49-47-45-43-41-39-37-35-32-30-28-26-24-22-20-18-16-14-12-10-8-6-4-2/h16,18,22,24,56,58,62-64,66-69,71-72,74-76H,3-15,17,19-21,23,25-55,57,59-61H2,1-2H3,(H,70,73)/b18-16-,24-22-,58-56+. The number of allylic oxidation sites excluding steroid dienone is 5. The topological polar surface area (TPSA) is 149 Å². The molecule has 9 nitrogen and oxygen atoms in total. The molecular weight excluding hydrogens is 971 g/mol. The Morgan fingerprint density at radius 3 is 1.10 bits per heavy atom. The van der Waals surface area contributed by atoms with Gasteiger partial charge in [0.1, 0.15) is 24.4 Å². The van der Waals surface area contributed by atoms with Crippen molar-refractivity contribution < 1.29 is 39.8 Å². The average Bonchev–Trinajstić information content (AvgIpc) is 3.45. The average molecular weight is 1100 g/mol. The minimum absolute atomic E-state index is 0.171. The Morgan fingerprint density at radius 2 is 0.756 bits per heavy atom. The van der Waals surface area contributed by atoms with Crippen LogP contribution in [0.3, 0.4) is 0 Å². The third kappa shape index (κ3) is 47.0. The van der Waals surface area contributed by atoms with Gasteiger partial charge < -0.3 is 40.3 Å². The summed E-state index contributed by atoms with van der Waals surface area (Å²) in [5.74, 6) is -0.171. The Hall–Kier alpha value is -1.59. The summed E-state index contributed by atoms with van der Waals surface area (Å²) >= 11 is 0. The number of amides is 1. The SMILES string of the molecule is CCCCCCC/C=C\C/C=C\CCCCCCCCCCCCCCCCCC(=O)NC(COC1OC(CO)C(O)C(O)C1O)C(O)/C=C/CCCCCCCCCCCCCCCCCCCCCCCCCCCC. The minimum Gasteiger partial charge on any atom is -0.394 e. The molecule has 7 unspecified atom stereocenters. The summed E-state index contributed by atoms with van der Waals surface area (Å²) in [6.45, 7) is 3.82. The normalized spacial score (nSPS) is 18.8. The molecule has 1 heterocycles. The van der Waals surface area contributed by atoms with Crippen LogP contribution in [0.4, 0.5) is 0 Å². The van der Waals surface area contributed by atoms with E-state index in [2.05, 4.69) is 43.5 Å². The Kier molecular flexibility index (Phi) is 55.9. The number of ether oxygens (including phenoxy) is 2. The summed E-state index contributed by atoms with van der Waals surface area (Å²) in [5, 5.41) is 54.8. The number of aliphatic hydroxyl groups is 5. The Labute approximate surface area is 482 Å². The van der Waals surface area contributed by atoms with Gasteiger partial charge in [0, 0.05) is 6.42 Å². The lowest BCUT2D eigenvalue weighted by Gasteiger charge is -2.40. The summed E-state index contributed by atoms with van der Waals surface area (Å²) in [6, 6.07) is -0.806. The second-order valence-electron chi connectivity index (χ2n) is 24.0. The first kappa shape index (κ1) is 74.4. The molecule has 1 aliphatic rings. The zero-order valence-corrected chi connectivity index (χ0v) is 51.4. The van der Waals surface area contributed by atoms with E-state index in [1.165, 1.54) is 276 Å². The maximum Gasteiger partial charge on any atom is 0.220 e. The van der Waals surface area contributed by atoms with E-state index in [4.69, 9.17) is 9.47 Å². The van der Waals surface area contributed by atoms with Crippen molar-refractivity contribution in [2.45, 2.75) is 384 Å². The van der Waals surface area contributed by atoms with E-state index in [-0.39, 0.29) is 12.5 Å². The van der Waals surface area contributed by atoms with Gasteiger partial charge in [-0.2, -0.15) is 0 Å². The highest BCUT2D eigenvalue weighted by Gasteiger charge is 2.44. The molecule has 0 aromatic rings. The van der Waals surface area contributed by atoms with E-state index in [9.17, 15) is 30.3 Å². The Morgan fingerprint density at radius 1 is 0.436 bits per heavy atom. The molecule has 9 heteroatoms. The lowest BCUT2D eigenvalue weighted by atomic mass is 9.99. The van der Waals surface area contributed by atoms with E-state index >= 15 is 0 Å². The van der Waals surface area contributed by atoms with Crippen molar-refractivity contribution in [2.24, 2.45) is 0 Å². The molecule has 1 aliphatic heterocycles. The Bertz CT molecular complexity index is 1320. The second-order valence-corrected chi connectivity index (χ2v) is 24.0. The van der Waals surface area contributed by atoms with Gasteiger partial charge in [-0.1, -0.05) is 320 Å². The summed E-state index contributed by atoms with van der Waals surface area (Å²) in [4.78, 5) is 13.1. The highest BCUT2D eigenvalue weighted by atomic mass is 16.7. The molecular formula is C69H131NO8. The molecule has 0 spiro atoms. The first-order valence-corrected chi connectivity index (χ1v) is 34.2. The van der Waals surface area contributed by atoms with Crippen LogP contribution in [0.15, 0.2) is 36.5 Å². The molecule has 0 aromatic heterocycles. The van der Waals surface area contributed by atoms with Crippen LogP contribution in [0.25, 0.3) is 0 Å². The van der Waals surface area contributed by atoms with Crippen molar-refractivity contribution >= 4 is 5.91 Å². The van der Waals surface area contributed by atoms with E-state index in [0.29, 0.717) is 6.42 Å². The van der Waals surface area contributed by atoms with Crippen molar-refractivity contribution in [3.05, 3.63) is 36.5 Å². The van der Waals surface area contributed by atoms with Gasteiger partial charge in [-0.05, 0) is 51.4 Å². The fraction of sp³-hybridized carbons (Fsp3) is 0.899. The van der Waals surface area contributed by atoms with Gasteiger partial charge >= 0.3 is 0 Å². The molecule has 460 valence electrons. The van der Waals surface area contributed by atoms with Crippen LogP contribution < -0.4 is 5.32 Å². The number of carbonyl (C=O) groups is 1. The van der Waals surface area contributed by atoms with Crippen LogP contribution >= 0.6 is 0 Å². The predicted octanol–water partition coefficient (Wildman–Crippen LogP) is 18.3. The highest BCUT2D eigenvalue weighted by molar-refractivity contribution is 5.76. The maximum atomic E-state index is 13.1. The number of nitrogens with one attached hydrogen (secondary N) is 1. The van der Waals surface area contributed by atoms with E-state index in [1.54, 1.807) is 6.08 Å². The van der Waals surface area contributed by atoms with Crippen LogP contribution in [-0.4, -0.2) is 87.5 Å². The van der Waals surface area contributed by atoms with Crippen molar-refractivity contribution in [1.29, 1.82) is 0 Å². The van der Waals surface area contributed by atoms with Crippen LogP contribution in [-0.2, 0) is 14.3 Å². The number of rotatable bonds is 60. The third-order valence-electron chi connectivity index (χ3n) is 16.5. The van der Waals surface area contributed by atoms with Gasteiger partial charge in [-0.15, -0.1) is 0 Å². The van der Waals surface area contributed by atoms with Gasteiger partial charge in [0.15, 0.2) is 6.29 Å². The summed E-state index contributed by atoms with van der Waals surface area (Å²) in [7, 11) is 0. The molecule has 1 amide bonds. The van der Waals surface area contributed by atoms with Gasteiger partial charge in [0.05, 0.1) is 25.4 Å². The quantitative estimate of drug-likeness (QED) is 0.0261. The van der Waals surface area contributed by atoms with Gasteiger partial charge in [-0.3, -0.25) is 4.79 Å². The smallest absolute Gasteiger partial charge is 0.220 e. The van der Waals surface area contributed by atoms with Gasteiger partial charge in [0.2, 0.25) is 5.91 Å². The molecule has 1 rings (SSSR count). The molecule has 1 fully saturated rings. The highest BCUT2D eigenvalue weighted by Crippen LogP contribution is 2.23. The minimum atomic E-state index is -1.57.